The molecule has 1 aromatic heterocycles. The molecule has 0 spiro atoms. The second kappa shape index (κ2) is 9.22. The molecule has 162 valence electrons. The molecule has 0 amide bonds. The van der Waals surface area contributed by atoms with E-state index in [0.29, 0.717) is 28.1 Å². The Kier molecular flexibility index (Phi) is 6.41. The fraction of sp³-hybridized carbons (Fsp3) is 0.333. The Hall–Kier alpha value is -2.67. The molecule has 0 bridgehead atoms. The third-order valence-corrected chi connectivity index (χ3v) is 6.14. The Labute approximate surface area is 188 Å². The predicted octanol–water partition coefficient (Wildman–Crippen LogP) is 4.48. The number of hydrogen-bond acceptors (Lipinski definition) is 5. The molecule has 0 aliphatic carbocycles. The van der Waals surface area contributed by atoms with E-state index in [1.165, 1.54) is 6.42 Å². The summed E-state index contributed by atoms with van der Waals surface area (Å²) in [4.78, 5) is 20.7. The zero-order valence-electron chi connectivity index (χ0n) is 18.1. The number of benzene rings is 2. The highest BCUT2D eigenvalue weighted by atomic mass is 35.5. The summed E-state index contributed by atoms with van der Waals surface area (Å²) in [6.45, 7) is 3.03. The van der Waals surface area contributed by atoms with Crippen molar-refractivity contribution in [2.75, 3.05) is 27.2 Å². The van der Waals surface area contributed by atoms with Crippen LogP contribution in [-0.2, 0) is 13.6 Å². The summed E-state index contributed by atoms with van der Waals surface area (Å²) in [5.41, 5.74) is 2.58. The zero-order chi connectivity index (χ0) is 22.0. The Morgan fingerprint density at radius 1 is 1.23 bits per heavy atom. The van der Waals surface area contributed by atoms with E-state index in [4.69, 9.17) is 16.3 Å². The third-order valence-electron chi connectivity index (χ3n) is 5.91. The van der Waals surface area contributed by atoms with Gasteiger partial charge in [0.15, 0.2) is 6.29 Å². The zero-order valence-corrected chi connectivity index (χ0v) is 18.8. The SMILES string of the molecule is CN(C)C1CCN(Cc2ncc(-c3ccc(Oc4cc(Cl)ccc4C=O)cc3)n2C)C1. The molecule has 1 unspecified atom stereocenters. The Morgan fingerprint density at radius 2 is 2.00 bits per heavy atom. The van der Waals surface area contributed by atoms with E-state index >= 15 is 0 Å². The van der Waals surface area contributed by atoms with Gasteiger partial charge in [-0.1, -0.05) is 11.6 Å². The minimum absolute atomic E-state index is 0.444. The van der Waals surface area contributed by atoms with Crippen molar-refractivity contribution in [1.29, 1.82) is 0 Å². The molecule has 0 radical (unpaired) electrons. The largest absolute Gasteiger partial charge is 0.457 e. The number of carbonyl (C=O) groups excluding carboxylic acids is 1. The molecule has 31 heavy (non-hydrogen) atoms. The fourth-order valence-electron chi connectivity index (χ4n) is 3.95. The average molecular weight is 439 g/mol. The standard InChI is InChI=1S/C24H27ClN4O2/c1-27(2)20-10-11-29(14-20)15-24-26-13-22(28(24)3)17-5-8-21(9-6-17)31-23-12-19(25)7-4-18(23)16-30/h4-9,12-13,16,20H,10-11,14-15H2,1-3H3. The summed E-state index contributed by atoms with van der Waals surface area (Å²) in [5.74, 6) is 2.15. The molecule has 1 aliphatic heterocycles. The quantitative estimate of drug-likeness (QED) is 0.509. The molecule has 1 saturated heterocycles. The normalized spacial score (nSPS) is 16.7. The maximum absolute atomic E-state index is 11.2. The maximum Gasteiger partial charge on any atom is 0.153 e. The summed E-state index contributed by atoms with van der Waals surface area (Å²) >= 11 is 6.04. The van der Waals surface area contributed by atoms with E-state index in [1.54, 1.807) is 18.2 Å². The van der Waals surface area contributed by atoms with Gasteiger partial charge in [-0.2, -0.15) is 0 Å². The molecular formula is C24H27ClN4O2. The van der Waals surface area contributed by atoms with E-state index in [-0.39, 0.29) is 0 Å². The Morgan fingerprint density at radius 3 is 2.68 bits per heavy atom. The second-order valence-electron chi connectivity index (χ2n) is 8.19. The van der Waals surface area contributed by atoms with Gasteiger partial charge in [-0.3, -0.25) is 9.69 Å². The summed E-state index contributed by atoms with van der Waals surface area (Å²) in [7, 11) is 6.35. The van der Waals surface area contributed by atoms with Gasteiger partial charge in [0.25, 0.3) is 0 Å². The van der Waals surface area contributed by atoms with Crippen LogP contribution in [0.1, 0.15) is 22.6 Å². The van der Waals surface area contributed by atoms with E-state index in [1.807, 2.05) is 30.5 Å². The van der Waals surface area contributed by atoms with Crippen molar-refractivity contribution in [3.05, 3.63) is 65.1 Å². The first-order valence-corrected chi connectivity index (χ1v) is 10.7. The number of hydrogen-bond donors (Lipinski definition) is 0. The summed E-state index contributed by atoms with van der Waals surface area (Å²) < 4.78 is 8.03. The predicted molar refractivity (Wildman–Crippen MR) is 123 cm³/mol. The number of carbonyl (C=O) groups is 1. The Balaban J connectivity index is 1.46. The first-order chi connectivity index (χ1) is 14.9. The number of ether oxygens (including phenoxy) is 1. The molecule has 1 fully saturated rings. The number of likely N-dealkylation sites (N-methyl/N-ethyl adjacent to an activating group) is 1. The van der Waals surface area contributed by atoms with Crippen molar-refractivity contribution in [2.45, 2.75) is 19.0 Å². The highest BCUT2D eigenvalue weighted by Crippen LogP contribution is 2.30. The number of halogens is 1. The number of aldehydes is 1. The van der Waals surface area contributed by atoms with Gasteiger partial charge in [-0.05, 0) is 56.9 Å². The number of likely N-dealkylation sites (tertiary alicyclic amines) is 1. The lowest BCUT2D eigenvalue weighted by molar-refractivity contribution is 0.112. The number of aromatic nitrogens is 2. The topological polar surface area (TPSA) is 50.6 Å². The van der Waals surface area contributed by atoms with E-state index in [9.17, 15) is 4.79 Å². The van der Waals surface area contributed by atoms with Crippen molar-refractivity contribution < 1.29 is 9.53 Å². The number of rotatable bonds is 7. The van der Waals surface area contributed by atoms with Gasteiger partial charge in [0, 0.05) is 42.8 Å². The lowest BCUT2D eigenvalue weighted by Gasteiger charge is -2.20. The highest BCUT2D eigenvalue weighted by Gasteiger charge is 2.25. The Bertz CT molecular complexity index is 1060. The molecule has 1 atom stereocenters. The van der Waals surface area contributed by atoms with Gasteiger partial charge in [-0.15, -0.1) is 0 Å². The van der Waals surface area contributed by atoms with Crippen LogP contribution >= 0.6 is 11.6 Å². The van der Waals surface area contributed by atoms with Crippen LogP contribution in [0.15, 0.2) is 48.7 Å². The minimum Gasteiger partial charge on any atom is -0.457 e. The minimum atomic E-state index is 0.444. The van der Waals surface area contributed by atoms with Crippen LogP contribution in [0.4, 0.5) is 0 Å². The molecule has 1 aliphatic rings. The molecular weight excluding hydrogens is 412 g/mol. The van der Waals surface area contributed by atoms with Crippen molar-refractivity contribution in [2.24, 2.45) is 7.05 Å². The van der Waals surface area contributed by atoms with Crippen LogP contribution < -0.4 is 4.74 Å². The van der Waals surface area contributed by atoms with Crippen LogP contribution in [0.5, 0.6) is 11.5 Å². The monoisotopic (exact) mass is 438 g/mol. The van der Waals surface area contributed by atoms with Crippen molar-refractivity contribution in [3.8, 4) is 22.8 Å². The van der Waals surface area contributed by atoms with Gasteiger partial charge in [0.2, 0.25) is 0 Å². The second-order valence-corrected chi connectivity index (χ2v) is 8.62. The molecule has 7 heteroatoms. The van der Waals surface area contributed by atoms with Crippen molar-refractivity contribution >= 4 is 17.9 Å². The van der Waals surface area contributed by atoms with Crippen LogP contribution in [-0.4, -0.2) is 58.9 Å². The van der Waals surface area contributed by atoms with Gasteiger partial charge >= 0.3 is 0 Å². The van der Waals surface area contributed by atoms with Crippen LogP contribution in [0, 0.1) is 0 Å². The molecule has 6 nitrogen and oxygen atoms in total. The molecule has 3 aromatic rings. The molecule has 2 aromatic carbocycles. The van der Waals surface area contributed by atoms with Gasteiger partial charge in [0.05, 0.1) is 24.0 Å². The fourth-order valence-corrected chi connectivity index (χ4v) is 4.12. The van der Waals surface area contributed by atoms with Crippen LogP contribution in [0.2, 0.25) is 5.02 Å². The van der Waals surface area contributed by atoms with Gasteiger partial charge < -0.3 is 14.2 Å². The third kappa shape index (κ3) is 4.82. The maximum atomic E-state index is 11.2. The number of imidazole rings is 1. The van der Waals surface area contributed by atoms with Gasteiger partial charge in [-0.25, -0.2) is 4.98 Å². The van der Waals surface area contributed by atoms with E-state index < -0.39 is 0 Å². The van der Waals surface area contributed by atoms with E-state index in [2.05, 4.69) is 40.5 Å². The highest BCUT2D eigenvalue weighted by molar-refractivity contribution is 6.30. The van der Waals surface area contributed by atoms with Gasteiger partial charge in [0.1, 0.15) is 17.3 Å². The lowest BCUT2D eigenvalue weighted by Crippen LogP contribution is -2.31. The van der Waals surface area contributed by atoms with Crippen LogP contribution in [0.3, 0.4) is 0 Å². The smallest absolute Gasteiger partial charge is 0.153 e. The first-order valence-electron chi connectivity index (χ1n) is 10.4. The van der Waals surface area contributed by atoms with Crippen LogP contribution in [0.25, 0.3) is 11.3 Å². The molecule has 0 saturated carbocycles. The molecule has 4 rings (SSSR count). The number of nitrogens with zero attached hydrogens (tertiary/aromatic N) is 4. The van der Waals surface area contributed by atoms with Crippen molar-refractivity contribution in [1.82, 2.24) is 19.4 Å². The lowest BCUT2D eigenvalue weighted by atomic mass is 10.1. The summed E-state index contributed by atoms with van der Waals surface area (Å²) in [6.07, 6.45) is 3.88. The first kappa shape index (κ1) is 21.6. The summed E-state index contributed by atoms with van der Waals surface area (Å²) in [6, 6.07) is 13.4. The molecule has 0 N–H and O–H groups in total. The van der Waals surface area contributed by atoms with E-state index in [0.717, 1.165) is 43.0 Å². The average Bonchev–Trinajstić information content (AvgIpc) is 3.37. The molecule has 2 heterocycles. The summed E-state index contributed by atoms with van der Waals surface area (Å²) in [5, 5.41) is 0.523. The van der Waals surface area contributed by atoms with Crippen molar-refractivity contribution in [3.63, 3.8) is 0 Å².